The molecule has 5 rings (SSSR count). The molecule has 236 valence electrons. The molecule has 0 N–H and O–H groups in total. The van der Waals surface area contributed by atoms with Gasteiger partial charge in [0.05, 0.1) is 26.4 Å². The second-order valence-electron chi connectivity index (χ2n) is 12.2. The molecule has 0 saturated heterocycles. The molecule has 1 amide bonds. The average molecular weight is 608 g/mol. The molecule has 0 atom stereocenters. The summed E-state index contributed by atoms with van der Waals surface area (Å²) >= 11 is 0. The van der Waals surface area contributed by atoms with E-state index in [4.69, 9.17) is 14.5 Å². The zero-order valence-electron chi connectivity index (χ0n) is 27.1. The number of hydrogen-bond donors (Lipinski definition) is 0. The van der Waals surface area contributed by atoms with E-state index >= 15 is 0 Å². The molecule has 2 heterocycles. The number of ether oxygens (including phenoxy) is 2. The monoisotopic (exact) mass is 607 g/mol. The number of amides is 1. The Bertz CT molecular complexity index is 1530. The number of anilines is 2. The summed E-state index contributed by atoms with van der Waals surface area (Å²) in [7, 11) is 9.74. The summed E-state index contributed by atoms with van der Waals surface area (Å²) in [6, 6.07) is 24.4. The second kappa shape index (κ2) is 15.1. The lowest BCUT2D eigenvalue weighted by molar-refractivity contribution is -0.124. The van der Waals surface area contributed by atoms with Gasteiger partial charge < -0.3 is 19.3 Å². The maximum Gasteiger partial charge on any atom is 0.231 e. The van der Waals surface area contributed by atoms with Gasteiger partial charge in [0.2, 0.25) is 5.91 Å². The topological polar surface area (TPSA) is 71.0 Å². The number of likely N-dealkylation sites (N-methyl/N-ethyl adjacent to an activating group) is 1. The minimum Gasteiger partial charge on any atom is -0.497 e. The highest BCUT2D eigenvalue weighted by Gasteiger charge is 2.31. The average Bonchev–Trinajstić information content (AvgIpc) is 3.07. The molecule has 2 aromatic carbocycles. The van der Waals surface area contributed by atoms with Crippen LogP contribution >= 0.6 is 0 Å². The van der Waals surface area contributed by atoms with Crippen LogP contribution in [0.4, 0.5) is 11.6 Å². The van der Waals surface area contributed by atoms with Gasteiger partial charge in [0.1, 0.15) is 17.4 Å². The van der Waals surface area contributed by atoms with E-state index in [1.165, 1.54) is 0 Å². The van der Waals surface area contributed by atoms with Crippen molar-refractivity contribution in [2.45, 2.75) is 38.3 Å². The van der Waals surface area contributed by atoms with Crippen LogP contribution in [0.3, 0.4) is 0 Å². The lowest BCUT2D eigenvalue weighted by Crippen LogP contribution is -2.39. The van der Waals surface area contributed by atoms with Crippen LogP contribution < -0.4 is 14.5 Å². The van der Waals surface area contributed by atoms with Crippen molar-refractivity contribution in [1.29, 1.82) is 0 Å². The van der Waals surface area contributed by atoms with Gasteiger partial charge >= 0.3 is 0 Å². The molecule has 1 aliphatic rings. The molecule has 0 unspecified atom stereocenters. The standard InChI is InChI=1S/C37H45N5O3/c1-40(2)21-22-45-33-16-13-29(14-17-33)37(43)42(36-24-31(19-20-38-36)30-7-6-8-34(23-30)44-5)26-27-9-11-28(12-10-27)32-15-18-35(39-25-32)41(3)4/h6-12,15,18-20,23-25,29,33H,13-14,16-17,21-22,26H2,1-5H3. The number of benzene rings is 2. The lowest BCUT2D eigenvalue weighted by Gasteiger charge is -2.32. The molecule has 1 saturated carbocycles. The van der Waals surface area contributed by atoms with Crippen LogP contribution in [0.5, 0.6) is 5.75 Å². The van der Waals surface area contributed by atoms with Crippen molar-refractivity contribution in [2.24, 2.45) is 5.92 Å². The summed E-state index contributed by atoms with van der Waals surface area (Å²) in [4.78, 5) is 29.5. The second-order valence-corrected chi connectivity index (χ2v) is 12.2. The van der Waals surface area contributed by atoms with Gasteiger partial charge in [-0.1, -0.05) is 36.4 Å². The normalized spacial score (nSPS) is 16.4. The first-order chi connectivity index (χ1) is 21.8. The highest BCUT2D eigenvalue weighted by molar-refractivity contribution is 5.94. The third kappa shape index (κ3) is 8.47. The summed E-state index contributed by atoms with van der Waals surface area (Å²) in [5.41, 5.74) is 5.18. The Hall–Kier alpha value is -4.27. The molecule has 1 fully saturated rings. The van der Waals surface area contributed by atoms with Crippen molar-refractivity contribution < 1.29 is 14.3 Å². The number of nitrogens with zero attached hydrogens (tertiary/aromatic N) is 5. The molecule has 45 heavy (non-hydrogen) atoms. The van der Waals surface area contributed by atoms with Crippen LogP contribution in [0.1, 0.15) is 31.2 Å². The third-order valence-electron chi connectivity index (χ3n) is 8.44. The summed E-state index contributed by atoms with van der Waals surface area (Å²) in [6.07, 6.45) is 7.31. The highest BCUT2D eigenvalue weighted by atomic mass is 16.5. The lowest BCUT2D eigenvalue weighted by atomic mass is 9.86. The molecular weight excluding hydrogens is 562 g/mol. The fourth-order valence-electron chi connectivity index (χ4n) is 5.73. The van der Waals surface area contributed by atoms with Gasteiger partial charge in [0.15, 0.2) is 0 Å². The fourth-order valence-corrected chi connectivity index (χ4v) is 5.73. The van der Waals surface area contributed by atoms with E-state index in [1.54, 1.807) is 13.3 Å². The summed E-state index contributed by atoms with van der Waals surface area (Å²) in [5.74, 6) is 2.40. The van der Waals surface area contributed by atoms with E-state index in [9.17, 15) is 4.79 Å². The van der Waals surface area contributed by atoms with Gasteiger partial charge in [0, 0.05) is 44.5 Å². The van der Waals surface area contributed by atoms with Crippen LogP contribution in [0.25, 0.3) is 22.3 Å². The number of aromatic nitrogens is 2. The van der Waals surface area contributed by atoms with Gasteiger partial charge in [-0.25, -0.2) is 9.97 Å². The first-order valence-electron chi connectivity index (χ1n) is 15.7. The van der Waals surface area contributed by atoms with Gasteiger partial charge in [-0.15, -0.1) is 0 Å². The van der Waals surface area contributed by atoms with E-state index < -0.39 is 0 Å². The Morgan fingerprint density at radius 2 is 1.53 bits per heavy atom. The predicted octanol–water partition coefficient (Wildman–Crippen LogP) is 6.56. The third-order valence-corrected chi connectivity index (χ3v) is 8.44. The molecule has 4 aromatic rings. The molecule has 0 aliphatic heterocycles. The van der Waals surface area contributed by atoms with Gasteiger partial charge in [-0.05, 0) is 98.4 Å². The van der Waals surface area contributed by atoms with E-state index in [0.717, 1.165) is 78.2 Å². The zero-order chi connectivity index (χ0) is 31.8. The van der Waals surface area contributed by atoms with Crippen LogP contribution in [-0.2, 0) is 16.1 Å². The van der Waals surface area contributed by atoms with Crippen molar-refractivity contribution >= 4 is 17.5 Å². The van der Waals surface area contributed by atoms with Crippen molar-refractivity contribution in [3.8, 4) is 28.0 Å². The van der Waals surface area contributed by atoms with Crippen molar-refractivity contribution in [3.05, 3.63) is 90.8 Å². The molecule has 2 aromatic heterocycles. The van der Waals surface area contributed by atoms with Crippen LogP contribution in [0.15, 0.2) is 85.2 Å². The first kappa shape index (κ1) is 32.1. The number of pyridine rings is 2. The number of hydrogen-bond acceptors (Lipinski definition) is 7. The van der Waals surface area contributed by atoms with E-state index in [2.05, 4.69) is 54.3 Å². The Morgan fingerprint density at radius 1 is 0.800 bits per heavy atom. The maximum atomic E-state index is 14.2. The van der Waals surface area contributed by atoms with Crippen LogP contribution in [0, 0.1) is 5.92 Å². The SMILES string of the molecule is COc1cccc(-c2ccnc(N(Cc3ccc(-c4ccc(N(C)C)nc4)cc3)C(=O)C3CCC(OCCN(C)C)CC3)c2)c1. The highest BCUT2D eigenvalue weighted by Crippen LogP contribution is 2.32. The molecule has 0 radical (unpaired) electrons. The minimum atomic E-state index is -0.0680. The number of carbonyl (C=O) groups is 1. The smallest absolute Gasteiger partial charge is 0.231 e. The van der Waals surface area contributed by atoms with Gasteiger partial charge in [0.25, 0.3) is 0 Å². The van der Waals surface area contributed by atoms with E-state index in [-0.39, 0.29) is 17.9 Å². The van der Waals surface area contributed by atoms with Crippen molar-refractivity contribution in [3.63, 3.8) is 0 Å². The molecule has 0 spiro atoms. The Kier molecular flexibility index (Phi) is 10.8. The summed E-state index contributed by atoms with van der Waals surface area (Å²) in [6.45, 7) is 2.05. The molecule has 8 heteroatoms. The van der Waals surface area contributed by atoms with Gasteiger partial charge in [-0.2, -0.15) is 0 Å². The molecule has 0 bridgehead atoms. The number of rotatable bonds is 12. The number of methoxy groups -OCH3 is 1. The van der Waals surface area contributed by atoms with Gasteiger partial charge in [-0.3, -0.25) is 9.69 Å². The predicted molar refractivity (Wildman–Crippen MR) is 182 cm³/mol. The quantitative estimate of drug-likeness (QED) is 0.181. The van der Waals surface area contributed by atoms with Crippen molar-refractivity contribution in [1.82, 2.24) is 14.9 Å². The Balaban J connectivity index is 1.37. The first-order valence-corrected chi connectivity index (χ1v) is 15.7. The Labute approximate surface area is 267 Å². The molecule has 8 nitrogen and oxygen atoms in total. The summed E-state index contributed by atoms with van der Waals surface area (Å²) in [5, 5.41) is 0. The molecule has 1 aliphatic carbocycles. The Morgan fingerprint density at radius 3 is 2.20 bits per heavy atom. The van der Waals surface area contributed by atoms with Crippen LogP contribution in [0.2, 0.25) is 0 Å². The number of carbonyl (C=O) groups excluding carboxylic acids is 1. The zero-order valence-corrected chi connectivity index (χ0v) is 27.1. The molecular formula is C37H45N5O3. The minimum absolute atomic E-state index is 0.0680. The van der Waals surface area contributed by atoms with Crippen molar-refractivity contribution in [2.75, 3.05) is 58.3 Å². The van der Waals surface area contributed by atoms with Crippen LogP contribution in [-0.4, -0.2) is 75.3 Å². The van der Waals surface area contributed by atoms with E-state index in [1.807, 2.05) is 72.6 Å². The van der Waals surface area contributed by atoms with E-state index in [0.29, 0.717) is 12.4 Å². The largest absolute Gasteiger partial charge is 0.497 e. The fraction of sp³-hybridized carbons (Fsp3) is 0.378. The summed E-state index contributed by atoms with van der Waals surface area (Å²) < 4.78 is 11.6. The maximum absolute atomic E-state index is 14.2.